The van der Waals surface area contributed by atoms with Crippen molar-refractivity contribution in [1.29, 1.82) is 0 Å². The molecular formula is C14H15N3O2. The molecule has 0 N–H and O–H groups in total. The lowest BCUT2D eigenvalue weighted by Crippen LogP contribution is -2.15. The molecule has 0 aliphatic heterocycles. The Morgan fingerprint density at radius 1 is 1.58 bits per heavy atom. The minimum Gasteiger partial charge on any atom is -0.455 e. The summed E-state index contributed by atoms with van der Waals surface area (Å²) in [5.74, 6) is 0.307. The zero-order valence-corrected chi connectivity index (χ0v) is 10.7. The predicted octanol–water partition coefficient (Wildman–Crippen LogP) is 2.39. The zero-order valence-electron chi connectivity index (χ0n) is 10.7. The number of carbonyl (C=O) groups excluding carboxylic acids is 1. The molecule has 2 aromatic heterocycles. The molecule has 98 valence electrons. The third kappa shape index (κ3) is 3.07. The van der Waals surface area contributed by atoms with Crippen molar-refractivity contribution < 1.29 is 9.53 Å². The maximum atomic E-state index is 11.8. The van der Waals surface area contributed by atoms with Crippen molar-refractivity contribution in [3.05, 3.63) is 55.3 Å². The second kappa shape index (κ2) is 5.95. The molecule has 2 heterocycles. The van der Waals surface area contributed by atoms with E-state index in [0.717, 1.165) is 0 Å². The summed E-state index contributed by atoms with van der Waals surface area (Å²) in [5.41, 5.74) is 0.421. The third-order valence-electron chi connectivity index (χ3n) is 2.68. The van der Waals surface area contributed by atoms with E-state index in [-0.39, 0.29) is 6.10 Å². The Bertz CT molecular complexity index is 547. The highest BCUT2D eigenvalue weighted by molar-refractivity contribution is 5.89. The average Bonchev–Trinajstić information content (AvgIpc) is 2.99. The van der Waals surface area contributed by atoms with E-state index in [0.29, 0.717) is 17.8 Å². The number of esters is 1. The van der Waals surface area contributed by atoms with Crippen LogP contribution >= 0.6 is 0 Å². The second-order valence-electron chi connectivity index (χ2n) is 3.96. The van der Waals surface area contributed by atoms with Gasteiger partial charge in [0, 0.05) is 18.6 Å². The van der Waals surface area contributed by atoms with Crippen molar-refractivity contribution >= 4 is 5.97 Å². The monoisotopic (exact) mass is 257 g/mol. The summed E-state index contributed by atoms with van der Waals surface area (Å²) < 4.78 is 7.01. The molecule has 2 rings (SSSR count). The number of aromatic nitrogens is 3. The smallest absolute Gasteiger partial charge is 0.340 e. The molecule has 0 fully saturated rings. The highest BCUT2D eigenvalue weighted by Gasteiger charge is 2.12. The molecule has 2 aromatic rings. The van der Waals surface area contributed by atoms with E-state index < -0.39 is 5.97 Å². The fraction of sp³-hybridized carbons (Fsp3) is 0.214. The van der Waals surface area contributed by atoms with E-state index in [4.69, 9.17) is 4.74 Å². The van der Waals surface area contributed by atoms with Crippen LogP contribution in [0.25, 0.3) is 5.82 Å². The standard InChI is InChI=1S/C14H15N3O2/c1-3-12(4-2)19-14(18)11-5-6-13(16-9-11)17-8-7-15-10-17/h3,5-10,12H,1,4H2,2H3/t12-/m0/s1. The first-order valence-corrected chi connectivity index (χ1v) is 6.02. The van der Waals surface area contributed by atoms with Gasteiger partial charge in [0.1, 0.15) is 18.2 Å². The Labute approximate surface area is 111 Å². The molecule has 0 amide bonds. The zero-order chi connectivity index (χ0) is 13.7. The number of rotatable bonds is 5. The Morgan fingerprint density at radius 3 is 2.95 bits per heavy atom. The van der Waals surface area contributed by atoms with E-state index in [9.17, 15) is 4.79 Å². The molecule has 5 nitrogen and oxygen atoms in total. The molecule has 0 saturated heterocycles. The minimum absolute atomic E-state index is 0.263. The molecule has 0 bridgehead atoms. The summed E-state index contributed by atoms with van der Waals surface area (Å²) in [6, 6.07) is 3.42. The molecule has 19 heavy (non-hydrogen) atoms. The lowest BCUT2D eigenvalue weighted by atomic mass is 10.2. The van der Waals surface area contributed by atoms with Crippen molar-refractivity contribution in [3.8, 4) is 5.82 Å². The van der Waals surface area contributed by atoms with Crippen LogP contribution in [0.5, 0.6) is 0 Å². The Morgan fingerprint density at radius 2 is 2.42 bits per heavy atom. The minimum atomic E-state index is -0.392. The first-order valence-electron chi connectivity index (χ1n) is 6.02. The van der Waals surface area contributed by atoms with Gasteiger partial charge in [0.15, 0.2) is 0 Å². The number of hydrogen-bond acceptors (Lipinski definition) is 4. The largest absolute Gasteiger partial charge is 0.455 e. The van der Waals surface area contributed by atoms with E-state index in [1.807, 2.05) is 6.92 Å². The van der Waals surface area contributed by atoms with E-state index in [1.54, 1.807) is 41.5 Å². The Hall–Kier alpha value is -2.43. The van der Waals surface area contributed by atoms with Gasteiger partial charge in [-0.15, -0.1) is 0 Å². The molecule has 0 spiro atoms. The highest BCUT2D eigenvalue weighted by Crippen LogP contribution is 2.09. The van der Waals surface area contributed by atoms with Gasteiger partial charge in [-0.05, 0) is 18.6 Å². The SMILES string of the molecule is C=C[C@@H](CC)OC(=O)c1ccc(-n2ccnc2)nc1. The summed E-state index contributed by atoms with van der Waals surface area (Å²) >= 11 is 0. The number of ether oxygens (including phenoxy) is 1. The summed E-state index contributed by atoms with van der Waals surface area (Å²) in [4.78, 5) is 20.0. The molecule has 5 heteroatoms. The highest BCUT2D eigenvalue weighted by atomic mass is 16.5. The third-order valence-corrected chi connectivity index (χ3v) is 2.68. The van der Waals surface area contributed by atoms with Crippen LogP contribution in [0.2, 0.25) is 0 Å². The van der Waals surface area contributed by atoms with Crippen LogP contribution < -0.4 is 0 Å². The number of pyridine rings is 1. The van der Waals surface area contributed by atoms with Crippen LogP contribution in [0.1, 0.15) is 23.7 Å². The fourth-order valence-electron chi connectivity index (χ4n) is 1.56. The quantitative estimate of drug-likeness (QED) is 0.609. The first-order chi connectivity index (χ1) is 9.24. The van der Waals surface area contributed by atoms with E-state index in [1.165, 1.54) is 6.20 Å². The van der Waals surface area contributed by atoms with Crippen molar-refractivity contribution in [2.75, 3.05) is 0 Å². The molecular weight excluding hydrogens is 242 g/mol. The van der Waals surface area contributed by atoms with Gasteiger partial charge in [-0.2, -0.15) is 0 Å². The van der Waals surface area contributed by atoms with Crippen molar-refractivity contribution in [1.82, 2.24) is 14.5 Å². The number of nitrogens with zero attached hydrogens (tertiary/aromatic N) is 3. The van der Waals surface area contributed by atoms with Crippen LogP contribution in [-0.2, 0) is 4.74 Å². The molecule has 0 radical (unpaired) electrons. The van der Waals surface area contributed by atoms with Gasteiger partial charge < -0.3 is 4.74 Å². The van der Waals surface area contributed by atoms with Crippen molar-refractivity contribution in [2.24, 2.45) is 0 Å². The second-order valence-corrected chi connectivity index (χ2v) is 3.96. The summed E-state index contributed by atoms with van der Waals surface area (Å²) in [7, 11) is 0. The van der Waals surface area contributed by atoms with Gasteiger partial charge in [-0.3, -0.25) is 4.57 Å². The molecule has 1 atom stereocenters. The Kier molecular flexibility index (Phi) is 4.07. The molecule has 0 saturated carbocycles. The van der Waals surface area contributed by atoms with E-state index in [2.05, 4.69) is 16.5 Å². The lowest BCUT2D eigenvalue weighted by molar-refractivity contribution is 0.0388. The summed E-state index contributed by atoms with van der Waals surface area (Å²) in [6.45, 7) is 5.55. The van der Waals surface area contributed by atoms with Gasteiger partial charge >= 0.3 is 5.97 Å². The van der Waals surface area contributed by atoms with Crippen LogP contribution in [-0.4, -0.2) is 26.6 Å². The van der Waals surface area contributed by atoms with E-state index >= 15 is 0 Å². The van der Waals surface area contributed by atoms with Gasteiger partial charge in [-0.1, -0.05) is 19.6 Å². The molecule has 0 aliphatic rings. The Balaban J connectivity index is 2.10. The fourth-order valence-corrected chi connectivity index (χ4v) is 1.56. The van der Waals surface area contributed by atoms with Crippen LogP contribution in [0, 0.1) is 0 Å². The van der Waals surface area contributed by atoms with Crippen LogP contribution in [0.4, 0.5) is 0 Å². The van der Waals surface area contributed by atoms with Gasteiger partial charge in [0.25, 0.3) is 0 Å². The molecule has 0 aliphatic carbocycles. The van der Waals surface area contributed by atoms with Crippen molar-refractivity contribution in [2.45, 2.75) is 19.4 Å². The van der Waals surface area contributed by atoms with Crippen LogP contribution in [0.15, 0.2) is 49.7 Å². The predicted molar refractivity (Wildman–Crippen MR) is 71.1 cm³/mol. The normalized spacial score (nSPS) is 11.8. The summed E-state index contributed by atoms with van der Waals surface area (Å²) in [6.07, 6.45) is 8.64. The molecule has 0 unspecified atom stereocenters. The molecule has 0 aromatic carbocycles. The topological polar surface area (TPSA) is 57.0 Å². The summed E-state index contributed by atoms with van der Waals surface area (Å²) in [5, 5.41) is 0. The number of imidazole rings is 1. The van der Waals surface area contributed by atoms with Crippen molar-refractivity contribution in [3.63, 3.8) is 0 Å². The average molecular weight is 257 g/mol. The van der Waals surface area contributed by atoms with Crippen LogP contribution in [0.3, 0.4) is 0 Å². The first kappa shape index (κ1) is 13.0. The maximum absolute atomic E-state index is 11.8. The number of hydrogen-bond donors (Lipinski definition) is 0. The maximum Gasteiger partial charge on any atom is 0.340 e. The van der Waals surface area contributed by atoms with Gasteiger partial charge in [0.2, 0.25) is 0 Å². The van der Waals surface area contributed by atoms with Gasteiger partial charge in [0.05, 0.1) is 5.56 Å². The van der Waals surface area contributed by atoms with Gasteiger partial charge in [-0.25, -0.2) is 14.8 Å². The number of carbonyl (C=O) groups is 1. The lowest BCUT2D eigenvalue weighted by Gasteiger charge is -2.11.